The monoisotopic (exact) mass is 389 g/mol. The van der Waals surface area contributed by atoms with Gasteiger partial charge in [-0.1, -0.05) is 12.8 Å². The maximum absolute atomic E-state index is 12.8. The van der Waals surface area contributed by atoms with Gasteiger partial charge in [-0.15, -0.1) is 0 Å². The molecule has 0 spiro atoms. The van der Waals surface area contributed by atoms with Crippen LogP contribution >= 0.6 is 0 Å². The molecule has 2 saturated heterocycles. The molecule has 3 fully saturated rings. The summed E-state index contributed by atoms with van der Waals surface area (Å²) in [5.74, 6) is -1.54. The first-order valence-corrected chi connectivity index (χ1v) is 9.44. The molecule has 152 valence electrons. The van der Waals surface area contributed by atoms with Crippen molar-refractivity contribution in [2.45, 2.75) is 51.2 Å². The SMILES string of the molecule is CC1(C)CN(CC(F)(F)F)CCN1C(=O)CN1C(=O)C2CCCCC2C1=O. The van der Waals surface area contributed by atoms with E-state index < -0.39 is 18.3 Å². The first-order valence-electron chi connectivity index (χ1n) is 9.44. The molecule has 0 aromatic heterocycles. The average molecular weight is 389 g/mol. The van der Waals surface area contributed by atoms with Gasteiger partial charge in [0.25, 0.3) is 0 Å². The van der Waals surface area contributed by atoms with Crippen molar-refractivity contribution in [3.8, 4) is 0 Å². The Hall–Kier alpha value is -1.64. The molecule has 6 nitrogen and oxygen atoms in total. The number of hydrogen-bond donors (Lipinski definition) is 0. The molecule has 1 aliphatic carbocycles. The van der Waals surface area contributed by atoms with Gasteiger partial charge in [0.2, 0.25) is 17.7 Å². The van der Waals surface area contributed by atoms with Gasteiger partial charge in [0.15, 0.2) is 0 Å². The first kappa shape index (κ1) is 20.1. The van der Waals surface area contributed by atoms with E-state index >= 15 is 0 Å². The Morgan fingerprint density at radius 2 is 1.63 bits per heavy atom. The lowest BCUT2D eigenvalue weighted by atomic mass is 9.81. The minimum atomic E-state index is -4.28. The molecule has 3 rings (SSSR count). The van der Waals surface area contributed by atoms with Crippen LogP contribution in [-0.2, 0) is 14.4 Å². The van der Waals surface area contributed by atoms with Crippen molar-refractivity contribution >= 4 is 17.7 Å². The number of amides is 3. The predicted molar refractivity (Wildman–Crippen MR) is 90.5 cm³/mol. The van der Waals surface area contributed by atoms with Crippen molar-refractivity contribution < 1.29 is 27.6 Å². The van der Waals surface area contributed by atoms with Crippen molar-refractivity contribution in [3.63, 3.8) is 0 Å². The van der Waals surface area contributed by atoms with Crippen LogP contribution in [0.3, 0.4) is 0 Å². The van der Waals surface area contributed by atoms with E-state index in [1.54, 1.807) is 13.8 Å². The molecule has 9 heteroatoms. The third-order valence-electron chi connectivity index (χ3n) is 5.91. The standard InChI is InChI=1S/C18H26F3N3O3/c1-17(2)10-22(11-18(19,20)21)7-8-24(17)14(25)9-23-15(26)12-5-3-4-6-13(12)16(23)27/h12-13H,3-11H2,1-2H3. The molecule has 2 aliphatic heterocycles. The van der Waals surface area contributed by atoms with Crippen LogP contribution in [-0.4, -0.2) is 76.9 Å². The Balaban J connectivity index is 1.64. The largest absolute Gasteiger partial charge is 0.401 e. The van der Waals surface area contributed by atoms with Gasteiger partial charge in [0.05, 0.1) is 23.9 Å². The topological polar surface area (TPSA) is 60.9 Å². The van der Waals surface area contributed by atoms with Gasteiger partial charge >= 0.3 is 6.18 Å². The number of imide groups is 1. The Kier molecular flexibility index (Phi) is 5.26. The van der Waals surface area contributed by atoms with Gasteiger partial charge in [-0.25, -0.2) is 0 Å². The van der Waals surface area contributed by atoms with E-state index in [1.165, 1.54) is 9.80 Å². The summed E-state index contributed by atoms with van der Waals surface area (Å²) in [4.78, 5) is 41.7. The molecule has 0 N–H and O–H groups in total. The van der Waals surface area contributed by atoms with E-state index in [0.29, 0.717) is 12.8 Å². The van der Waals surface area contributed by atoms with Crippen LogP contribution in [0.4, 0.5) is 13.2 Å². The molecule has 2 heterocycles. The van der Waals surface area contributed by atoms with Gasteiger partial charge in [0.1, 0.15) is 6.54 Å². The lowest BCUT2D eigenvalue weighted by Crippen LogP contribution is -2.63. The summed E-state index contributed by atoms with van der Waals surface area (Å²) in [5.41, 5.74) is -0.806. The molecule has 0 radical (unpaired) electrons. The van der Waals surface area contributed by atoms with E-state index in [1.807, 2.05) is 0 Å². The van der Waals surface area contributed by atoms with Crippen LogP contribution in [0.2, 0.25) is 0 Å². The number of nitrogens with zero attached hydrogens (tertiary/aromatic N) is 3. The summed E-state index contributed by atoms with van der Waals surface area (Å²) in [6.07, 6.45) is -1.09. The van der Waals surface area contributed by atoms with Crippen LogP contribution in [0.5, 0.6) is 0 Å². The maximum Gasteiger partial charge on any atom is 0.401 e. The number of rotatable bonds is 3. The zero-order valence-electron chi connectivity index (χ0n) is 15.7. The van der Waals surface area contributed by atoms with Crippen molar-refractivity contribution in [1.29, 1.82) is 0 Å². The highest BCUT2D eigenvalue weighted by molar-refractivity contribution is 6.07. The van der Waals surface area contributed by atoms with Gasteiger partial charge in [-0.3, -0.25) is 24.2 Å². The number of alkyl halides is 3. The molecule has 3 aliphatic rings. The summed E-state index contributed by atoms with van der Waals surface area (Å²) < 4.78 is 37.9. The second-order valence-corrected chi connectivity index (χ2v) is 8.44. The number of carbonyl (C=O) groups is 3. The van der Waals surface area contributed by atoms with E-state index in [9.17, 15) is 27.6 Å². The fourth-order valence-corrected chi connectivity index (χ4v) is 4.71. The van der Waals surface area contributed by atoms with E-state index in [4.69, 9.17) is 0 Å². The summed E-state index contributed by atoms with van der Waals surface area (Å²) in [6, 6.07) is 0. The molecule has 27 heavy (non-hydrogen) atoms. The molecule has 0 aromatic carbocycles. The third-order valence-corrected chi connectivity index (χ3v) is 5.91. The Morgan fingerprint density at radius 1 is 1.07 bits per heavy atom. The molecule has 0 bridgehead atoms. The molecule has 2 unspecified atom stereocenters. The zero-order valence-corrected chi connectivity index (χ0v) is 15.7. The van der Waals surface area contributed by atoms with Crippen LogP contribution in [0.15, 0.2) is 0 Å². The predicted octanol–water partition coefficient (Wildman–Crippen LogP) is 1.65. The normalized spacial score (nSPS) is 29.2. The highest BCUT2D eigenvalue weighted by Gasteiger charge is 2.49. The number of hydrogen-bond acceptors (Lipinski definition) is 4. The van der Waals surface area contributed by atoms with Gasteiger partial charge < -0.3 is 4.90 Å². The van der Waals surface area contributed by atoms with E-state index in [2.05, 4.69) is 0 Å². The van der Waals surface area contributed by atoms with Crippen molar-refractivity contribution in [2.75, 3.05) is 32.7 Å². The second-order valence-electron chi connectivity index (χ2n) is 8.44. The van der Waals surface area contributed by atoms with Crippen LogP contribution in [0, 0.1) is 11.8 Å². The number of halogens is 3. The van der Waals surface area contributed by atoms with Crippen LogP contribution in [0.1, 0.15) is 39.5 Å². The molecular weight excluding hydrogens is 363 g/mol. The maximum atomic E-state index is 12.8. The molecule has 3 amide bonds. The lowest BCUT2D eigenvalue weighted by Gasteiger charge is -2.47. The fourth-order valence-electron chi connectivity index (χ4n) is 4.71. The van der Waals surface area contributed by atoms with Crippen molar-refractivity contribution in [2.24, 2.45) is 11.8 Å². The first-order chi connectivity index (χ1) is 12.5. The highest BCUT2D eigenvalue weighted by atomic mass is 19.4. The average Bonchev–Trinajstić information content (AvgIpc) is 2.78. The molecule has 0 aromatic rings. The van der Waals surface area contributed by atoms with Gasteiger partial charge in [0, 0.05) is 19.6 Å². The van der Waals surface area contributed by atoms with Gasteiger partial charge in [-0.2, -0.15) is 13.2 Å². The summed E-state index contributed by atoms with van der Waals surface area (Å²) in [5, 5.41) is 0. The van der Waals surface area contributed by atoms with E-state index in [0.717, 1.165) is 17.7 Å². The zero-order chi connectivity index (χ0) is 20.0. The molecule has 1 saturated carbocycles. The number of likely N-dealkylation sites (tertiary alicyclic amines) is 1. The highest BCUT2D eigenvalue weighted by Crippen LogP contribution is 2.38. The summed E-state index contributed by atoms with van der Waals surface area (Å²) in [6.45, 7) is 2.44. The van der Waals surface area contributed by atoms with Gasteiger partial charge in [-0.05, 0) is 26.7 Å². The molecule has 2 atom stereocenters. The minimum Gasteiger partial charge on any atom is -0.333 e. The Bertz CT molecular complexity index is 611. The smallest absolute Gasteiger partial charge is 0.333 e. The Labute approximate surface area is 156 Å². The van der Waals surface area contributed by atoms with E-state index in [-0.39, 0.29) is 55.7 Å². The van der Waals surface area contributed by atoms with Crippen LogP contribution in [0.25, 0.3) is 0 Å². The summed E-state index contributed by atoms with van der Waals surface area (Å²) >= 11 is 0. The fraction of sp³-hybridized carbons (Fsp3) is 0.833. The quantitative estimate of drug-likeness (QED) is 0.689. The van der Waals surface area contributed by atoms with Crippen molar-refractivity contribution in [1.82, 2.24) is 14.7 Å². The molecular formula is C18H26F3N3O3. The number of fused-ring (bicyclic) bond motifs is 1. The van der Waals surface area contributed by atoms with Crippen molar-refractivity contribution in [3.05, 3.63) is 0 Å². The number of piperazine rings is 1. The third kappa shape index (κ3) is 4.12. The summed E-state index contributed by atoms with van der Waals surface area (Å²) in [7, 11) is 0. The lowest BCUT2D eigenvalue weighted by molar-refractivity contribution is -0.162. The second kappa shape index (κ2) is 7.07. The minimum absolute atomic E-state index is 0.0887. The number of carbonyl (C=O) groups excluding carboxylic acids is 3. The Morgan fingerprint density at radius 3 is 2.11 bits per heavy atom. The van der Waals surface area contributed by atoms with Crippen LogP contribution < -0.4 is 0 Å².